The third-order valence-electron chi connectivity index (χ3n) is 2.99. The van der Waals surface area contributed by atoms with E-state index in [0.717, 1.165) is 4.57 Å². The molecule has 1 N–H and O–H groups in total. The van der Waals surface area contributed by atoms with Crippen LogP contribution in [0.5, 0.6) is 0 Å². The van der Waals surface area contributed by atoms with E-state index in [0.29, 0.717) is 24.8 Å². The van der Waals surface area contributed by atoms with Crippen molar-refractivity contribution in [2.45, 2.75) is 45.6 Å². The fourth-order valence-corrected chi connectivity index (χ4v) is 2.27. The maximum Gasteiger partial charge on any atom is 0.419 e. The molecule has 0 saturated heterocycles. The van der Waals surface area contributed by atoms with E-state index in [2.05, 4.69) is 0 Å². The van der Waals surface area contributed by atoms with Crippen molar-refractivity contribution in [2.24, 2.45) is 0 Å². The minimum absolute atomic E-state index is 0.155. The van der Waals surface area contributed by atoms with Crippen LogP contribution >= 0.6 is 0 Å². The Morgan fingerprint density at radius 2 is 1.95 bits per heavy atom. The quantitative estimate of drug-likeness (QED) is 0.853. The van der Waals surface area contributed by atoms with Gasteiger partial charge in [0.2, 0.25) is 0 Å². The number of nitrogens with zero attached hydrogens (tertiary/aromatic N) is 1. The zero-order valence-electron chi connectivity index (χ0n) is 11.7. The predicted molar refractivity (Wildman–Crippen MR) is 70.3 cm³/mol. The number of carbonyl (C=O) groups excluding carboxylic acids is 2. The van der Waals surface area contributed by atoms with Gasteiger partial charge in [0.05, 0.1) is 5.69 Å². The van der Waals surface area contributed by atoms with Crippen molar-refractivity contribution in [3.8, 4) is 0 Å². The van der Waals surface area contributed by atoms with E-state index in [1.165, 1.54) is 6.07 Å². The maximum atomic E-state index is 12.2. The smallest absolute Gasteiger partial charge is 0.419 e. The summed E-state index contributed by atoms with van der Waals surface area (Å²) in [5, 5.41) is 9.21. The first-order valence-corrected chi connectivity index (χ1v) is 6.45. The number of aromatic carboxylic acids is 1. The second-order valence-electron chi connectivity index (χ2n) is 5.80. The Bertz CT molecular complexity index is 591. The van der Waals surface area contributed by atoms with Crippen molar-refractivity contribution in [2.75, 3.05) is 0 Å². The lowest BCUT2D eigenvalue weighted by Crippen LogP contribution is -2.31. The summed E-state index contributed by atoms with van der Waals surface area (Å²) in [4.78, 5) is 35.5. The van der Waals surface area contributed by atoms with Gasteiger partial charge in [-0.1, -0.05) is 0 Å². The monoisotopic (exact) mass is 279 g/mol. The fourth-order valence-electron chi connectivity index (χ4n) is 2.27. The van der Waals surface area contributed by atoms with Crippen LogP contribution in [-0.4, -0.2) is 33.1 Å². The summed E-state index contributed by atoms with van der Waals surface area (Å²) < 4.78 is 6.09. The van der Waals surface area contributed by atoms with E-state index >= 15 is 0 Å². The lowest BCUT2D eigenvalue weighted by atomic mass is 9.97. The molecule has 0 unspecified atom stereocenters. The number of hydrogen-bond donors (Lipinski definition) is 1. The number of Topliss-reactive ketones (excluding diaryl/α,β-unsaturated/α-hetero) is 1. The molecule has 0 bridgehead atoms. The molecule has 0 radical (unpaired) electrons. The summed E-state index contributed by atoms with van der Waals surface area (Å²) >= 11 is 0. The molecule has 0 fully saturated rings. The topological polar surface area (TPSA) is 85.6 Å². The number of ether oxygens (including phenoxy) is 1. The molecular weight excluding hydrogens is 262 g/mol. The van der Waals surface area contributed by atoms with Crippen molar-refractivity contribution in [1.29, 1.82) is 0 Å². The second kappa shape index (κ2) is 4.77. The molecule has 1 aliphatic carbocycles. The van der Waals surface area contributed by atoms with E-state index in [1.807, 2.05) is 0 Å². The van der Waals surface area contributed by atoms with E-state index < -0.39 is 17.7 Å². The maximum absolute atomic E-state index is 12.2. The largest absolute Gasteiger partial charge is 0.477 e. The Labute approximate surface area is 116 Å². The number of carboxylic acid groups (broad SMARTS) is 1. The average Bonchev–Trinajstić information content (AvgIpc) is 2.67. The Morgan fingerprint density at radius 1 is 1.30 bits per heavy atom. The zero-order chi connectivity index (χ0) is 15.1. The Hall–Kier alpha value is -2.11. The Morgan fingerprint density at radius 3 is 2.50 bits per heavy atom. The van der Waals surface area contributed by atoms with Crippen LogP contribution in [0.4, 0.5) is 4.79 Å². The van der Waals surface area contributed by atoms with Gasteiger partial charge in [0.15, 0.2) is 5.78 Å². The fraction of sp³-hybridized carbons (Fsp3) is 0.500. The van der Waals surface area contributed by atoms with Crippen LogP contribution in [-0.2, 0) is 11.2 Å². The number of carboxylic acids is 1. The van der Waals surface area contributed by atoms with Gasteiger partial charge in [-0.15, -0.1) is 0 Å². The summed E-state index contributed by atoms with van der Waals surface area (Å²) in [5.74, 6) is -1.47. The molecule has 0 spiro atoms. The Kier molecular flexibility index (Phi) is 3.41. The number of carbonyl (C=O) groups is 3. The number of aryl methyl sites for hydroxylation is 1. The predicted octanol–water partition coefficient (Wildman–Crippen LogP) is 2.49. The highest BCUT2D eigenvalue weighted by Gasteiger charge is 2.32. The molecular formula is C14H17NO5. The highest BCUT2D eigenvalue weighted by Crippen LogP contribution is 2.26. The first-order chi connectivity index (χ1) is 9.20. The van der Waals surface area contributed by atoms with Crippen LogP contribution in [0.25, 0.3) is 0 Å². The van der Waals surface area contributed by atoms with Crippen LogP contribution in [0.1, 0.15) is 60.2 Å². The average molecular weight is 279 g/mol. The number of fused-ring (bicyclic) bond motifs is 1. The van der Waals surface area contributed by atoms with E-state index in [1.54, 1.807) is 20.8 Å². The van der Waals surface area contributed by atoms with Crippen molar-refractivity contribution >= 4 is 17.8 Å². The molecule has 2 rings (SSSR count). The van der Waals surface area contributed by atoms with Gasteiger partial charge in [0.25, 0.3) is 0 Å². The SMILES string of the molecule is CC(C)(C)OC(=O)n1c(C(=O)O)cc2c1C(=O)CCC2. The lowest BCUT2D eigenvalue weighted by molar-refractivity contribution is 0.0497. The van der Waals surface area contributed by atoms with E-state index in [-0.39, 0.29) is 17.2 Å². The van der Waals surface area contributed by atoms with Gasteiger partial charge in [-0.3, -0.25) is 4.79 Å². The molecule has 108 valence electrons. The summed E-state index contributed by atoms with van der Waals surface area (Å²) in [5.41, 5.74) is -0.228. The first kappa shape index (κ1) is 14.3. The van der Waals surface area contributed by atoms with Gasteiger partial charge in [-0.05, 0) is 45.2 Å². The molecule has 1 aromatic heterocycles. The van der Waals surface area contributed by atoms with Crippen LogP contribution in [0.3, 0.4) is 0 Å². The summed E-state index contributed by atoms with van der Waals surface area (Å²) in [6.45, 7) is 5.05. The van der Waals surface area contributed by atoms with Crippen LogP contribution in [0.15, 0.2) is 6.07 Å². The molecule has 0 aliphatic heterocycles. The summed E-state index contributed by atoms with van der Waals surface area (Å²) in [6, 6.07) is 1.39. The van der Waals surface area contributed by atoms with Gasteiger partial charge in [-0.25, -0.2) is 14.2 Å². The van der Waals surface area contributed by atoms with Gasteiger partial charge < -0.3 is 9.84 Å². The molecule has 0 saturated carbocycles. The van der Waals surface area contributed by atoms with Crippen molar-refractivity contribution in [3.05, 3.63) is 23.0 Å². The van der Waals surface area contributed by atoms with Crippen molar-refractivity contribution in [1.82, 2.24) is 4.57 Å². The summed E-state index contributed by atoms with van der Waals surface area (Å²) in [7, 11) is 0. The highest BCUT2D eigenvalue weighted by molar-refractivity contribution is 6.03. The van der Waals surface area contributed by atoms with Crippen molar-refractivity contribution in [3.63, 3.8) is 0 Å². The Balaban J connectivity index is 2.55. The highest BCUT2D eigenvalue weighted by atomic mass is 16.6. The molecule has 20 heavy (non-hydrogen) atoms. The van der Waals surface area contributed by atoms with Crippen LogP contribution < -0.4 is 0 Å². The first-order valence-electron chi connectivity index (χ1n) is 6.45. The number of rotatable bonds is 1. The second-order valence-corrected chi connectivity index (χ2v) is 5.80. The number of ketones is 1. The third kappa shape index (κ3) is 2.59. The lowest BCUT2D eigenvalue weighted by Gasteiger charge is -2.21. The molecule has 0 aromatic carbocycles. The molecule has 1 aromatic rings. The minimum Gasteiger partial charge on any atom is -0.477 e. The molecule has 0 atom stereocenters. The van der Waals surface area contributed by atoms with Crippen LogP contribution in [0.2, 0.25) is 0 Å². The van der Waals surface area contributed by atoms with E-state index in [9.17, 15) is 19.5 Å². The summed E-state index contributed by atoms with van der Waals surface area (Å²) in [6.07, 6.45) is 0.755. The molecule has 6 heteroatoms. The normalized spacial score (nSPS) is 14.8. The van der Waals surface area contributed by atoms with Crippen LogP contribution in [0, 0.1) is 0 Å². The van der Waals surface area contributed by atoms with Gasteiger partial charge >= 0.3 is 12.1 Å². The number of hydrogen-bond acceptors (Lipinski definition) is 4. The van der Waals surface area contributed by atoms with Gasteiger partial charge in [0.1, 0.15) is 11.3 Å². The number of aromatic nitrogens is 1. The molecule has 1 aliphatic rings. The third-order valence-corrected chi connectivity index (χ3v) is 2.99. The molecule has 6 nitrogen and oxygen atoms in total. The minimum atomic E-state index is -1.25. The molecule has 0 amide bonds. The van der Waals surface area contributed by atoms with Gasteiger partial charge in [0, 0.05) is 6.42 Å². The standard InChI is InChI=1S/C14H17NO5/c1-14(2,3)20-13(19)15-9(12(17)18)7-8-5-4-6-10(16)11(8)15/h7H,4-6H2,1-3H3,(H,17,18). The van der Waals surface area contributed by atoms with Crippen molar-refractivity contribution < 1.29 is 24.2 Å². The van der Waals surface area contributed by atoms with E-state index in [4.69, 9.17) is 4.74 Å². The van der Waals surface area contributed by atoms with Gasteiger partial charge in [-0.2, -0.15) is 0 Å². The molecule has 1 heterocycles. The zero-order valence-corrected chi connectivity index (χ0v) is 11.7.